The molecule has 0 unspecified atom stereocenters. The van der Waals surface area contributed by atoms with E-state index in [4.69, 9.17) is 10.5 Å². The van der Waals surface area contributed by atoms with Gasteiger partial charge in [-0.1, -0.05) is 0 Å². The Morgan fingerprint density at radius 3 is 2.42 bits per heavy atom. The van der Waals surface area contributed by atoms with Crippen LogP contribution in [-0.4, -0.2) is 36.5 Å². The van der Waals surface area contributed by atoms with E-state index in [1.165, 1.54) is 0 Å². The zero-order chi connectivity index (χ0) is 13.0. The number of nitrogens with zero attached hydrogens (tertiary/aromatic N) is 1. The molecule has 1 heterocycles. The quantitative estimate of drug-likeness (QED) is 0.747. The summed E-state index contributed by atoms with van der Waals surface area (Å²) in [6, 6.07) is 7.57. The van der Waals surface area contributed by atoms with Crippen molar-refractivity contribution in [1.82, 2.24) is 4.90 Å². The summed E-state index contributed by atoms with van der Waals surface area (Å²) in [5.41, 5.74) is 6.55. The van der Waals surface area contributed by atoms with Gasteiger partial charge in [0.05, 0.1) is 6.61 Å². The molecule has 0 spiro atoms. The lowest BCUT2D eigenvalue weighted by molar-refractivity contribution is -0.0000152. The zero-order valence-corrected chi connectivity index (χ0v) is 11.9. The normalized spacial score (nSPS) is 15.8. The predicted molar refractivity (Wildman–Crippen MR) is 70.7 cm³/mol. The number of rotatable bonds is 3. The van der Waals surface area contributed by atoms with E-state index >= 15 is 0 Å². The van der Waals surface area contributed by atoms with E-state index in [0.29, 0.717) is 12.2 Å². The van der Waals surface area contributed by atoms with Crippen molar-refractivity contribution in [3.05, 3.63) is 29.8 Å². The maximum Gasteiger partial charge on any atom is 0.253 e. The first-order valence-electron chi connectivity index (χ1n) is 6.48. The molecule has 4 nitrogen and oxygen atoms in total. The predicted octanol–water partition coefficient (Wildman–Crippen LogP) is -1.35. The largest absolute Gasteiger partial charge is 1.00 e. The van der Waals surface area contributed by atoms with Crippen molar-refractivity contribution < 1.29 is 21.9 Å². The van der Waals surface area contributed by atoms with Crippen LogP contribution in [0, 0.1) is 0 Å². The first-order chi connectivity index (χ1) is 8.70. The molecule has 19 heavy (non-hydrogen) atoms. The molecular weight excluding hydrogens is 264 g/mol. The summed E-state index contributed by atoms with van der Waals surface area (Å²) in [4.78, 5) is 14.1. The Balaban J connectivity index is 0.00000180. The molecule has 0 radical (unpaired) electrons. The lowest BCUT2D eigenvalue weighted by atomic mass is 10.0. The van der Waals surface area contributed by atoms with Crippen molar-refractivity contribution in [2.75, 3.05) is 19.7 Å². The summed E-state index contributed by atoms with van der Waals surface area (Å²) in [5, 5.41) is 0. The standard InChI is InChI=1S/C14H20N2O2.ClH/c1-2-18-13-5-3-11(4-6-13)14(17)16-9-7-12(15)8-10-16;/h3-6,12H,2,7-10,15H2,1H3;1H/p-1. The van der Waals surface area contributed by atoms with Gasteiger partial charge in [0.1, 0.15) is 5.75 Å². The Morgan fingerprint density at radius 2 is 1.89 bits per heavy atom. The van der Waals surface area contributed by atoms with Crippen LogP contribution in [0.25, 0.3) is 0 Å². The van der Waals surface area contributed by atoms with Crippen LogP contribution in [0.15, 0.2) is 24.3 Å². The molecule has 106 valence electrons. The summed E-state index contributed by atoms with van der Waals surface area (Å²) in [5.74, 6) is 0.889. The second kappa shape index (κ2) is 7.36. The first kappa shape index (κ1) is 15.8. The van der Waals surface area contributed by atoms with Gasteiger partial charge in [0.2, 0.25) is 0 Å². The number of hydrogen-bond donors (Lipinski definition) is 1. The van der Waals surface area contributed by atoms with E-state index in [-0.39, 0.29) is 24.4 Å². The Morgan fingerprint density at radius 1 is 1.32 bits per heavy atom. The van der Waals surface area contributed by atoms with Gasteiger partial charge in [-0.25, -0.2) is 0 Å². The molecule has 1 fully saturated rings. The van der Waals surface area contributed by atoms with E-state index in [2.05, 4.69) is 0 Å². The topological polar surface area (TPSA) is 55.6 Å². The van der Waals surface area contributed by atoms with Gasteiger partial charge in [0.25, 0.3) is 5.91 Å². The van der Waals surface area contributed by atoms with E-state index in [1.54, 1.807) is 0 Å². The lowest BCUT2D eigenvalue weighted by Gasteiger charge is -2.30. The first-order valence-corrected chi connectivity index (χ1v) is 6.48. The van der Waals surface area contributed by atoms with E-state index in [9.17, 15) is 4.79 Å². The van der Waals surface area contributed by atoms with Crippen molar-refractivity contribution in [3.63, 3.8) is 0 Å². The van der Waals surface area contributed by atoms with Crippen LogP contribution in [0.1, 0.15) is 30.1 Å². The molecule has 0 atom stereocenters. The average molecular weight is 284 g/mol. The molecule has 1 aromatic carbocycles. The third-order valence-electron chi connectivity index (χ3n) is 3.24. The number of carbonyl (C=O) groups is 1. The highest BCUT2D eigenvalue weighted by Gasteiger charge is 2.21. The van der Waals surface area contributed by atoms with Crippen LogP contribution in [-0.2, 0) is 0 Å². The number of amides is 1. The summed E-state index contributed by atoms with van der Waals surface area (Å²) >= 11 is 0. The van der Waals surface area contributed by atoms with E-state index in [0.717, 1.165) is 31.7 Å². The monoisotopic (exact) mass is 283 g/mol. The van der Waals surface area contributed by atoms with Crippen LogP contribution in [0.4, 0.5) is 0 Å². The molecule has 0 saturated carbocycles. The average Bonchev–Trinajstić information content (AvgIpc) is 2.40. The van der Waals surface area contributed by atoms with Crippen molar-refractivity contribution >= 4 is 5.91 Å². The number of piperidine rings is 1. The number of carbonyl (C=O) groups excluding carboxylic acids is 1. The third kappa shape index (κ3) is 4.11. The molecular formula is C14H20ClN2O2-. The van der Waals surface area contributed by atoms with Gasteiger partial charge in [-0.3, -0.25) is 4.79 Å². The van der Waals surface area contributed by atoms with Crippen LogP contribution in [0.2, 0.25) is 0 Å². The molecule has 2 rings (SSSR count). The summed E-state index contributed by atoms with van der Waals surface area (Å²) < 4.78 is 5.36. The molecule has 0 aliphatic carbocycles. The number of benzene rings is 1. The van der Waals surface area contributed by atoms with Crippen LogP contribution in [0.3, 0.4) is 0 Å². The fourth-order valence-electron chi connectivity index (χ4n) is 2.15. The minimum Gasteiger partial charge on any atom is -1.00 e. The van der Waals surface area contributed by atoms with E-state index < -0.39 is 0 Å². The minimum atomic E-state index is 0. The van der Waals surface area contributed by atoms with Crippen molar-refractivity contribution in [3.8, 4) is 5.75 Å². The molecule has 1 saturated heterocycles. The molecule has 1 aromatic rings. The minimum absolute atomic E-state index is 0. The van der Waals surface area contributed by atoms with Gasteiger partial charge < -0.3 is 27.8 Å². The number of likely N-dealkylation sites (tertiary alicyclic amines) is 1. The SMILES string of the molecule is CCOc1ccc(C(=O)N2CCC(N)CC2)cc1.[Cl-]. The van der Waals surface area contributed by atoms with Gasteiger partial charge in [-0.05, 0) is 44.0 Å². The third-order valence-corrected chi connectivity index (χ3v) is 3.24. The van der Waals surface area contributed by atoms with Gasteiger partial charge in [-0.15, -0.1) is 0 Å². The second-order valence-electron chi connectivity index (χ2n) is 4.59. The Labute approximate surface area is 120 Å². The van der Waals surface area contributed by atoms with Crippen LogP contribution >= 0.6 is 0 Å². The Kier molecular flexibility index (Phi) is 6.12. The van der Waals surface area contributed by atoms with Crippen molar-refractivity contribution in [2.24, 2.45) is 5.73 Å². The van der Waals surface area contributed by atoms with Gasteiger partial charge in [0.15, 0.2) is 0 Å². The van der Waals surface area contributed by atoms with Crippen LogP contribution < -0.4 is 22.9 Å². The Hall–Kier alpha value is -1.26. The fourth-order valence-corrected chi connectivity index (χ4v) is 2.15. The van der Waals surface area contributed by atoms with Crippen molar-refractivity contribution in [1.29, 1.82) is 0 Å². The summed E-state index contributed by atoms with van der Waals surface area (Å²) in [6.45, 7) is 4.09. The molecule has 5 heteroatoms. The number of nitrogens with two attached hydrogens (primary N) is 1. The number of halogens is 1. The molecule has 0 bridgehead atoms. The molecule has 1 amide bonds. The molecule has 0 aromatic heterocycles. The second-order valence-corrected chi connectivity index (χ2v) is 4.59. The summed E-state index contributed by atoms with van der Waals surface area (Å²) in [7, 11) is 0. The van der Waals surface area contributed by atoms with Gasteiger partial charge in [0, 0.05) is 24.7 Å². The lowest BCUT2D eigenvalue weighted by Crippen LogP contribution is -3.00. The highest BCUT2D eigenvalue weighted by molar-refractivity contribution is 5.94. The molecule has 2 N–H and O–H groups in total. The summed E-state index contributed by atoms with van der Waals surface area (Å²) in [6.07, 6.45) is 1.78. The van der Waals surface area contributed by atoms with E-state index in [1.807, 2.05) is 36.1 Å². The maximum absolute atomic E-state index is 12.2. The number of ether oxygens (including phenoxy) is 1. The maximum atomic E-state index is 12.2. The molecule has 1 aliphatic rings. The van der Waals surface area contributed by atoms with Gasteiger partial charge in [-0.2, -0.15) is 0 Å². The van der Waals surface area contributed by atoms with Crippen molar-refractivity contribution in [2.45, 2.75) is 25.8 Å². The molecule has 1 aliphatic heterocycles. The van der Waals surface area contributed by atoms with Gasteiger partial charge >= 0.3 is 0 Å². The fraction of sp³-hybridized carbons (Fsp3) is 0.500. The zero-order valence-electron chi connectivity index (χ0n) is 11.1. The smallest absolute Gasteiger partial charge is 0.253 e. The highest BCUT2D eigenvalue weighted by Crippen LogP contribution is 2.16. The Bertz CT molecular complexity index is 400. The number of hydrogen-bond acceptors (Lipinski definition) is 3. The highest BCUT2D eigenvalue weighted by atomic mass is 35.5. The van der Waals surface area contributed by atoms with Crippen LogP contribution in [0.5, 0.6) is 5.75 Å².